The van der Waals surface area contributed by atoms with Crippen LogP contribution >= 0.6 is 11.8 Å². The van der Waals surface area contributed by atoms with E-state index in [4.69, 9.17) is 0 Å². The van der Waals surface area contributed by atoms with Crippen LogP contribution < -0.4 is 10.6 Å². The van der Waals surface area contributed by atoms with Crippen LogP contribution in [0.3, 0.4) is 0 Å². The summed E-state index contributed by atoms with van der Waals surface area (Å²) in [4.78, 5) is 30.1. The van der Waals surface area contributed by atoms with Gasteiger partial charge in [0, 0.05) is 11.3 Å². The van der Waals surface area contributed by atoms with Crippen molar-refractivity contribution in [1.82, 2.24) is 5.32 Å². The van der Waals surface area contributed by atoms with Crippen LogP contribution in [0, 0.1) is 20.8 Å². The van der Waals surface area contributed by atoms with Crippen LogP contribution in [0.25, 0.3) is 6.08 Å². The Hall–Kier alpha value is -3.64. The molecule has 0 aromatic heterocycles. The van der Waals surface area contributed by atoms with Gasteiger partial charge in [-0.25, -0.2) is 4.99 Å². The van der Waals surface area contributed by atoms with E-state index in [2.05, 4.69) is 15.6 Å². The first kappa shape index (κ1) is 21.6. The van der Waals surface area contributed by atoms with Crippen LogP contribution in [0.1, 0.15) is 32.6 Å². The average Bonchev–Trinajstić information content (AvgIpc) is 3.10. The lowest BCUT2D eigenvalue weighted by Crippen LogP contribution is -2.19. The maximum atomic E-state index is 12.5. The van der Waals surface area contributed by atoms with Crippen molar-refractivity contribution < 1.29 is 9.59 Å². The van der Waals surface area contributed by atoms with E-state index in [0.717, 1.165) is 27.9 Å². The van der Waals surface area contributed by atoms with Crippen LogP contribution in [0.15, 0.2) is 76.6 Å². The molecule has 2 amide bonds. The van der Waals surface area contributed by atoms with Crippen molar-refractivity contribution in [3.63, 3.8) is 0 Å². The minimum atomic E-state index is -0.187. The number of carbonyl (C=O) groups excluding carboxylic acids is 2. The highest BCUT2D eigenvalue weighted by atomic mass is 32.2. The monoisotopic (exact) mass is 441 g/mol. The predicted molar refractivity (Wildman–Crippen MR) is 132 cm³/mol. The van der Waals surface area contributed by atoms with Gasteiger partial charge in [0.2, 0.25) is 0 Å². The van der Waals surface area contributed by atoms with Gasteiger partial charge in [-0.2, -0.15) is 0 Å². The first-order valence-corrected chi connectivity index (χ1v) is 11.0. The third-order valence-corrected chi connectivity index (χ3v) is 5.90. The zero-order valence-corrected chi connectivity index (χ0v) is 18.9. The average molecular weight is 442 g/mol. The number of carbonyl (C=O) groups is 2. The molecule has 0 spiro atoms. The van der Waals surface area contributed by atoms with E-state index in [1.165, 1.54) is 11.8 Å². The van der Waals surface area contributed by atoms with E-state index in [9.17, 15) is 9.59 Å². The molecule has 6 heteroatoms. The normalized spacial score (nSPS) is 15.8. The fourth-order valence-electron chi connectivity index (χ4n) is 3.20. The quantitative estimate of drug-likeness (QED) is 0.506. The van der Waals surface area contributed by atoms with Gasteiger partial charge in [0.25, 0.3) is 11.8 Å². The number of rotatable bonds is 4. The molecule has 2 N–H and O–H groups in total. The molecule has 3 aromatic carbocycles. The lowest BCUT2D eigenvalue weighted by Gasteiger charge is -2.06. The number of thioether (sulfide) groups is 1. The van der Waals surface area contributed by atoms with E-state index in [1.807, 2.05) is 75.4 Å². The van der Waals surface area contributed by atoms with E-state index in [1.54, 1.807) is 18.2 Å². The molecule has 1 aliphatic rings. The highest BCUT2D eigenvalue weighted by Gasteiger charge is 2.24. The number of aryl methyl sites for hydroxylation is 3. The Morgan fingerprint density at radius 2 is 1.72 bits per heavy atom. The number of amidine groups is 1. The first-order valence-electron chi connectivity index (χ1n) is 10.2. The zero-order chi connectivity index (χ0) is 22.7. The van der Waals surface area contributed by atoms with Crippen molar-refractivity contribution in [3.8, 4) is 0 Å². The van der Waals surface area contributed by atoms with Crippen molar-refractivity contribution in [2.24, 2.45) is 4.99 Å². The number of anilines is 1. The molecule has 0 unspecified atom stereocenters. The second-order valence-electron chi connectivity index (χ2n) is 7.72. The summed E-state index contributed by atoms with van der Waals surface area (Å²) in [6.45, 7) is 5.99. The number of benzene rings is 3. The Morgan fingerprint density at radius 1 is 0.969 bits per heavy atom. The SMILES string of the molecule is Cc1ccc(C(=O)Nc2cccc(C=C3SC(=Nc4cc(C)ccc4C)NC3=O)c2)cc1. The smallest absolute Gasteiger partial charge is 0.264 e. The molecular weight excluding hydrogens is 418 g/mol. The second kappa shape index (κ2) is 9.24. The van der Waals surface area contributed by atoms with E-state index >= 15 is 0 Å². The first-order chi connectivity index (χ1) is 15.4. The molecule has 3 aromatic rings. The van der Waals surface area contributed by atoms with Gasteiger partial charge in [-0.3, -0.25) is 9.59 Å². The molecule has 5 nitrogen and oxygen atoms in total. The van der Waals surface area contributed by atoms with E-state index in [-0.39, 0.29) is 11.8 Å². The third-order valence-electron chi connectivity index (χ3n) is 4.99. The fraction of sp³-hybridized carbons (Fsp3) is 0.115. The molecule has 0 radical (unpaired) electrons. The predicted octanol–water partition coefficient (Wildman–Crippen LogP) is 5.76. The fourth-order valence-corrected chi connectivity index (χ4v) is 4.03. The number of hydrogen-bond acceptors (Lipinski definition) is 4. The molecule has 0 bridgehead atoms. The third kappa shape index (κ3) is 5.15. The van der Waals surface area contributed by atoms with Gasteiger partial charge >= 0.3 is 0 Å². The van der Waals surface area contributed by atoms with Crippen molar-refractivity contribution >= 4 is 46.2 Å². The Labute approximate surface area is 191 Å². The van der Waals surface area contributed by atoms with Gasteiger partial charge in [0.15, 0.2) is 5.17 Å². The lowest BCUT2D eigenvalue weighted by atomic mass is 10.1. The van der Waals surface area contributed by atoms with Crippen molar-refractivity contribution in [2.45, 2.75) is 20.8 Å². The maximum Gasteiger partial charge on any atom is 0.264 e. The Kier molecular flexibility index (Phi) is 6.23. The van der Waals surface area contributed by atoms with Gasteiger partial charge in [-0.05, 0) is 85.6 Å². The number of nitrogens with zero attached hydrogens (tertiary/aromatic N) is 1. The molecular formula is C26H23N3O2S. The standard InChI is InChI=1S/C26H23N3O2S/c1-16-8-11-20(12-9-16)24(30)27-21-6-4-5-19(14-21)15-23-25(31)29-26(32-23)28-22-13-17(2)7-10-18(22)3/h4-15H,1-3H3,(H,27,30)(H,28,29,31). The summed E-state index contributed by atoms with van der Waals surface area (Å²) < 4.78 is 0. The number of aliphatic imine (C=N–C) groups is 1. The topological polar surface area (TPSA) is 70.6 Å². The van der Waals surface area contributed by atoms with Crippen molar-refractivity contribution in [3.05, 3.63) is 99.5 Å². The zero-order valence-electron chi connectivity index (χ0n) is 18.1. The van der Waals surface area contributed by atoms with Crippen LogP contribution in [0.4, 0.5) is 11.4 Å². The van der Waals surface area contributed by atoms with Crippen LogP contribution in [0.2, 0.25) is 0 Å². The molecule has 4 rings (SSSR count). The van der Waals surface area contributed by atoms with Crippen LogP contribution in [-0.4, -0.2) is 17.0 Å². The van der Waals surface area contributed by atoms with Gasteiger partial charge in [0.05, 0.1) is 10.6 Å². The summed E-state index contributed by atoms with van der Waals surface area (Å²) in [5.41, 5.74) is 6.18. The minimum Gasteiger partial charge on any atom is -0.322 e. The summed E-state index contributed by atoms with van der Waals surface area (Å²) in [5.74, 6) is -0.362. The number of nitrogens with one attached hydrogen (secondary N) is 2. The van der Waals surface area contributed by atoms with E-state index < -0.39 is 0 Å². The number of hydrogen-bond donors (Lipinski definition) is 2. The Morgan fingerprint density at radius 3 is 2.50 bits per heavy atom. The van der Waals surface area contributed by atoms with Gasteiger partial charge in [0.1, 0.15) is 0 Å². The molecule has 1 saturated heterocycles. The number of amides is 2. The molecule has 32 heavy (non-hydrogen) atoms. The molecule has 160 valence electrons. The van der Waals surface area contributed by atoms with Gasteiger partial charge < -0.3 is 10.6 Å². The lowest BCUT2D eigenvalue weighted by molar-refractivity contribution is -0.115. The van der Waals surface area contributed by atoms with Crippen LogP contribution in [0.5, 0.6) is 0 Å². The van der Waals surface area contributed by atoms with Crippen molar-refractivity contribution in [1.29, 1.82) is 0 Å². The van der Waals surface area contributed by atoms with Crippen LogP contribution in [-0.2, 0) is 4.79 Å². The Balaban J connectivity index is 1.51. The molecule has 0 atom stereocenters. The summed E-state index contributed by atoms with van der Waals surface area (Å²) in [6.07, 6.45) is 1.80. The summed E-state index contributed by atoms with van der Waals surface area (Å²) in [7, 11) is 0. The maximum absolute atomic E-state index is 12.5. The Bertz CT molecular complexity index is 1260. The van der Waals surface area contributed by atoms with E-state index in [0.29, 0.717) is 21.3 Å². The molecule has 1 fully saturated rings. The highest BCUT2D eigenvalue weighted by Crippen LogP contribution is 2.30. The summed E-state index contributed by atoms with van der Waals surface area (Å²) in [6, 6.07) is 20.9. The highest BCUT2D eigenvalue weighted by molar-refractivity contribution is 8.18. The summed E-state index contributed by atoms with van der Waals surface area (Å²) in [5, 5.41) is 6.29. The second-order valence-corrected chi connectivity index (χ2v) is 8.75. The summed E-state index contributed by atoms with van der Waals surface area (Å²) >= 11 is 1.30. The van der Waals surface area contributed by atoms with Crippen molar-refractivity contribution in [2.75, 3.05) is 5.32 Å². The largest absolute Gasteiger partial charge is 0.322 e. The molecule has 0 saturated carbocycles. The van der Waals surface area contributed by atoms with Gasteiger partial charge in [-0.15, -0.1) is 0 Å². The van der Waals surface area contributed by atoms with Gasteiger partial charge in [-0.1, -0.05) is 42.0 Å². The molecule has 0 aliphatic carbocycles. The minimum absolute atomic E-state index is 0.175. The molecule has 1 heterocycles. The molecule has 1 aliphatic heterocycles.